The maximum Gasteiger partial charge on any atom is 0.272 e. The van der Waals surface area contributed by atoms with Crippen molar-refractivity contribution in [3.8, 4) is 0 Å². The second kappa shape index (κ2) is 6.75. The normalized spacial score (nSPS) is 12.4. The number of nitrogens with one attached hydrogen (secondary N) is 1. The Balaban J connectivity index is 1.44. The summed E-state index contributed by atoms with van der Waals surface area (Å²) >= 11 is 3.34. The van der Waals surface area contributed by atoms with Crippen LogP contribution >= 0.6 is 15.9 Å². The Morgan fingerprint density at radius 3 is 2.92 bits per heavy atom. The highest BCUT2D eigenvalue weighted by molar-refractivity contribution is 9.10. The van der Waals surface area contributed by atoms with Gasteiger partial charge in [0.1, 0.15) is 23.9 Å². The van der Waals surface area contributed by atoms with Crippen LogP contribution in [0.2, 0.25) is 0 Å². The van der Waals surface area contributed by atoms with Crippen LogP contribution in [0.1, 0.15) is 29.3 Å². The summed E-state index contributed by atoms with van der Waals surface area (Å²) < 4.78 is 9.92. The quantitative estimate of drug-likeness (QED) is 0.541. The van der Waals surface area contributed by atoms with Crippen LogP contribution in [0.15, 0.2) is 57.8 Å². The molecule has 1 atom stereocenters. The zero-order chi connectivity index (χ0) is 18.1. The van der Waals surface area contributed by atoms with Gasteiger partial charge in [-0.3, -0.25) is 9.48 Å². The van der Waals surface area contributed by atoms with Crippen molar-refractivity contribution >= 4 is 32.9 Å². The lowest BCUT2D eigenvalue weighted by atomic mass is 10.3. The molecule has 8 nitrogen and oxygen atoms in total. The first-order chi connectivity index (χ1) is 12.6. The SMILES string of the molecule is CC(NC(=O)c1ccn(Cn2cc(Br)cn2)n1)c1nc2ccccc2o1. The largest absolute Gasteiger partial charge is 0.438 e. The Kier molecular flexibility index (Phi) is 4.29. The van der Waals surface area contributed by atoms with E-state index in [4.69, 9.17) is 4.42 Å². The van der Waals surface area contributed by atoms with Gasteiger partial charge in [0.15, 0.2) is 5.58 Å². The standard InChI is InChI=1S/C17H15BrN6O2/c1-11(17-21-13-4-2-3-5-15(13)26-17)20-16(25)14-6-7-23(22-14)10-24-9-12(18)8-19-24/h2-9,11H,10H2,1H3,(H,20,25). The van der Waals surface area contributed by atoms with E-state index in [1.165, 1.54) is 0 Å². The predicted octanol–water partition coefficient (Wildman–Crippen LogP) is 2.98. The van der Waals surface area contributed by atoms with E-state index in [0.29, 0.717) is 23.8 Å². The molecule has 0 radical (unpaired) electrons. The van der Waals surface area contributed by atoms with Gasteiger partial charge in [-0.05, 0) is 41.1 Å². The van der Waals surface area contributed by atoms with Crippen molar-refractivity contribution in [3.05, 3.63) is 65.0 Å². The summed E-state index contributed by atoms with van der Waals surface area (Å²) in [7, 11) is 0. The molecule has 0 aliphatic carbocycles. The Hall–Kier alpha value is -2.94. The Morgan fingerprint density at radius 1 is 1.31 bits per heavy atom. The number of para-hydroxylation sites is 2. The number of amides is 1. The molecule has 3 aromatic heterocycles. The van der Waals surface area contributed by atoms with Crippen LogP contribution in [0.4, 0.5) is 0 Å². The second-order valence-electron chi connectivity index (χ2n) is 5.79. The van der Waals surface area contributed by atoms with Gasteiger partial charge in [-0.2, -0.15) is 10.2 Å². The number of halogens is 1. The molecule has 1 aromatic carbocycles. The molecule has 0 fully saturated rings. The molecule has 1 amide bonds. The summed E-state index contributed by atoms with van der Waals surface area (Å²) in [5, 5.41) is 11.3. The number of hydrogen-bond donors (Lipinski definition) is 1. The van der Waals surface area contributed by atoms with Crippen molar-refractivity contribution in [2.75, 3.05) is 0 Å². The second-order valence-corrected chi connectivity index (χ2v) is 6.71. The van der Waals surface area contributed by atoms with E-state index in [1.807, 2.05) is 37.4 Å². The van der Waals surface area contributed by atoms with Gasteiger partial charge >= 0.3 is 0 Å². The van der Waals surface area contributed by atoms with Crippen LogP contribution < -0.4 is 5.32 Å². The summed E-state index contributed by atoms with van der Waals surface area (Å²) in [5.41, 5.74) is 1.77. The smallest absolute Gasteiger partial charge is 0.272 e. The Bertz CT molecular complexity index is 1030. The molecular formula is C17H15BrN6O2. The van der Waals surface area contributed by atoms with Gasteiger partial charge in [0.25, 0.3) is 5.91 Å². The number of rotatable bonds is 5. The molecule has 0 aliphatic heterocycles. The highest BCUT2D eigenvalue weighted by Gasteiger charge is 2.18. The number of fused-ring (bicyclic) bond motifs is 1. The third-order valence-electron chi connectivity index (χ3n) is 3.79. The summed E-state index contributed by atoms with van der Waals surface area (Å²) in [4.78, 5) is 16.8. The van der Waals surface area contributed by atoms with Gasteiger partial charge in [0.2, 0.25) is 5.89 Å². The van der Waals surface area contributed by atoms with Gasteiger partial charge < -0.3 is 9.73 Å². The maximum absolute atomic E-state index is 12.4. The minimum absolute atomic E-state index is 0.292. The Labute approximate surface area is 156 Å². The molecule has 4 rings (SSSR count). The van der Waals surface area contributed by atoms with E-state index in [0.717, 1.165) is 9.99 Å². The van der Waals surface area contributed by atoms with Crippen LogP contribution in [0.25, 0.3) is 11.1 Å². The molecule has 0 bridgehead atoms. The van der Waals surface area contributed by atoms with Crippen molar-refractivity contribution in [2.45, 2.75) is 19.6 Å². The van der Waals surface area contributed by atoms with Gasteiger partial charge in [-0.1, -0.05) is 12.1 Å². The summed E-state index contributed by atoms with van der Waals surface area (Å²) in [5.74, 6) is 0.167. The fourth-order valence-electron chi connectivity index (χ4n) is 2.53. The lowest BCUT2D eigenvalue weighted by molar-refractivity contribution is 0.0928. The number of carbonyl (C=O) groups excluding carboxylic acids is 1. The first kappa shape index (κ1) is 16.5. The monoisotopic (exact) mass is 414 g/mol. The molecule has 3 heterocycles. The third kappa shape index (κ3) is 3.38. The molecule has 0 saturated heterocycles. The van der Waals surface area contributed by atoms with Crippen LogP contribution in [0.5, 0.6) is 0 Å². The van der Waals surface area contributed by atoms with E-state index >= 15 is 0 Å². The van der Waals surface area contributed by atoms with Crippen molar-refractivity contribution < 1.29 is 9.21 Å². The van der Waals surface area contributed by atoms with Crippen LogP contribution in [0, 0.1) is 0 Å². The van der Waals surface area contributed by atoms with E-state index in [2.05, 4.69) is 36.4 Å². The van der Waals surface area contributed by atoms with Crippen LogP contribution in [-0.2, 0) is 6.67 Å². The van der Waals surface area contributed by atoms with E-state index < -0.39 is 0 Å². The molecule has 132 valence electrons. The zero-order valence-corrected chi connectivity index (χ0v) is 15.4. The number of carbonyl (C=O) groups is 1. The van der Waals surface area contributed by atoms with Crippen molar-refractivity contribution in [1.29, 1.82) is 0 Å². The van der Waals surface area contributed by atoms with Crippen LogP contribution in [-0.4, -0.2) is 30.5 Å². The van der Waals surface area contributed by atoms with E-state index in [9.17, 15) is 4.79 Å². The van der Waals surface area contributed by atoms with Gasteiger partial charge in [0, 0.05) is 12.4 Å². The molecule has 0 aliphatic rings. The first-order valence-corrected chi connectivity index (χ1v) is 8.75. The average Bonchev–Trinajstić information content (AvgIpc) is 3.34. The molecule has 4 aromatic rings. The highest BCUT2D eigenvalue weighted by atomic mass is 79.9. The van der Waals surface area contributed by atoms with Gasteiger partial charge in [-0.15, -0.1) is 0 Å². The highest BCUT2D eigenvalue weighted by Crippen LogP contribution is 2.19. The zero-order valence-electron chi connectivity index (χ0n) is 13.8. The fourth-order valence-corrected chi connectivity index (χ4v) is 2.86. The average molecular weight is 415 g/mol. The Morgan fingerprint density at radius 2 is 2.15 bits per heavy atom. The summed E-state index contributed by atoms with van der Waals surface area (Å²) in [6.45, 7) is 2.24. The maximum atomic E-state index is 12.4. The van der Waals surface area contributed by atoms with Gasteiger partial charge in [-0.25, -0.2) is 9.67 Å². The first-order valence-electron chi connectivity index (χ1n) is 7.96. The van der Waals surface area contributed by atoms with E-state index in [1.54, 1.807) is 27.8 Å². The number of benzene rings is 1. The molecule has 9 heteroatoms. The van der Waals surface area contributed by atoms with Crippen molar-refractivity contribution in [3.63, 3.8) is 0 Å². The fraction of sp³-hybridized carbons (Fsp3) is 0.176. The summed E-state index contributed by atoms with van der Waals surface area (Å²) in [6.07, 6.45) is 5.25. The number of oxazole rings is 1. The number of aromatic nitrogens is 5. The van der Waals surface area contributed by atoms with Crippen LogP contribution in [0.3, 0.4) is 0 Å². The molecule has 0 spiro atoms. The van der Waals surface area contributed by atoms with Gasteiger partial charge in [0.05, 0.1) is 10.7 Å². The van der Waals surface area contributed by atoms with Crippen molar-refractivity contribution in [2.24, 2.45) is 0 Å². The lowest BCUT2D eigenvalue weighted by Gasteiger charge is -2.08. The molecule has 1 N–H and O–H groups in total. The lowest BCUT2D eigenvalue weighted by Crippen LogP contribution is -2.27. The van der Waals surface area contributed by atoms with Crippen molar-refractivity contribution in [1.82, 2.24) is 29.9 Å². The topological polar surface area (TPSA) is 90.8 Å². The molecular weight excluding hydrogens is 400 g/mol. The predicted molar refractivity (Wildman–Crippen MR) is 97.4 cm³/mol. The molecule has 26 heavy (non-hydrogen) atoms. The molecule has 1 unspecified atom stereocenters. The summed E-state index contributed by atoms with van der Waals surface area (Å²) in [6, 6.07) is 8.77. The third-order valence-corrected chi connectivity index (χ3v) is 4.20. The minimum Gasteiger partial charge on any atom is -0.438 e. The minimum atomic E-state index is -0.373. The number of hydrogen-bond acceptors (Lipinski definition) is 5. The number of nitrogens with zero attached hydrogens (tertiary/aromatic N) is 5. The van der Waals surface area contributed by atoms with E-state index in [-0.39, 0.29) is 11.9 Å². The molecule has 0 saturated carbocycles.